The zero-order valence-electron chi connectivity index (χ0n) is 18.0. The van der Waals surface area contributed by atoms with Crippen molar-refractivity contribution in [3.05, 3.63) is 5.82 Å². The van der Waals surface area contributed by atoms with Crippen molar-refractivity contribution >= 4 is 17.7 Å². The fourth-order valence-corrected chi connectivity index (χ4v) is 3.41. The van der Waals surface area contributed by atoms with Gasteiger partial charge in [0.05, 0.1) is 0 Å². The Bertz CT molecular complexity index is 585. The van der Waals surface area contributed by atoms with E-state index in [-0.39, 0.29) is 0 Å². The predicted octanol–water partition coefficient (Wildman–Crippen LogP) is 2.96. The van der Waals surface area contributed by atoms with Crippen LogP contribution in [0, 0.1) is 11.8 Å². The maximum absolute atomic E-state index is 5.68. The minimum absolute atomic E-state index is 0.580. The number of ether oxygens (including phenoxy) is 1. The molecule has 0 unspecified atom stereocenters. The number of hydrogen-bond acceptors (Lipinski definition) is 5. The number of rotatable bonds is 14. The van der Waals surface area contributed by atoms with E-state index in [4.69, 9.17) is 9.73 Å². The Hall–Kier alpha value is -1.28. The van der Waals surface area contributed by atoms with Crippen LogP contribution in [0.5, 0.6) is 0 Å². The monoisotopic (exact) mass is 410 g/mol. The maximum Gasteiger partial charge on any atom is 0.191 e. The molecule has 1 aromatic rings. The van der Waals surface area contributed by atoms with Crippen molar-refractivity contribution in [3.63, 3.8) is 0 Å². The van der Waals surface area contributed by atoms with E-state index in [1.807, 2.05) is 0 Å². The molecule has 0 bridgehead atoms. The Balaban J connectivity index is 1.69. The van der Waals surface area contributed by atoms with E-state index in [2.05, 4.69) is 52.4 Å². The van der Waals surface area contributed by atoms with Gasteiger partial charge in [0.15, 0.2) is 11.1 Å². The molecule has 0 aliphatic heterocycles. The third kappa shape index (κ3) is 8.82. The number of aliphatic imine (C=N–C) groups is 1. The lowest BCUT2D eigenvalue weighted by molar-refractivity contribution is 0.123. The standard InChI is InChI=1S/C20H38N6OS/c1-5-21-19(23-12-7-13-27-15-17-9-10-17)22-11-6-8-18-24-25-20(28-4)26(18)14-16(2)3/h16-17H,5-15H2,1-4H3,(H2,21,22,23). The molecule has 2 rings (SSSR count). The van der Waals surface area contributed by atoms with Crippen LogP contribution in [-0.2, 0) is 17.7 Å². The molecule has 1 heterocycles. The molecule has 8 heteroatoms. The van der Waals surface area contributed by atoms with E-state index in [0.717, 1.165) is 81.5 Å². The summed E-state index contributed by atoms with van der Waals surface area (Å²) in [6.07, 6.45) is 7.63. The number of hydrogen-bond donors (Lipinski definition) is 2. The zero-order chi connectivity index (χ0) is 20.2. The van der Waals surface area contributed by atoms with Crippen molar-refractivity contribution in [2.24, 2.45) is 16.8 Å². The fraction of sp³-hybridized carbons (Fsp3) is 0.850. The van der Waals surface area contributed by atoms with Gasteiger partial charge in [-0.15, -0.1) is 10.2 Å². The molecular formula is C20H38N6OS. The molecule has 0 aromatic carbocycles. The van der Waals surface area contributed by atoms with E-state index < -0.39 is 0 Å². The van der Waals surface area contributed by atoms with Crippen molar-refractivity contribution in [2.45, 2.75) is 64.6 Å². The second-order valence-electron chi connectivity index (χ2n) is 7.77. The zero-order valence-corrected chi connectivity index (χ0v) is 18.9. The van der Waals surface area contributed by atoms with Gasteiger partial charge in [-0.3, -0.25) is 4.99 Å². The van der Waals surface area contributed by atoms with Gasteiger partial charge in [0.2, 0.25) is 0 Å². The van der Waals surface area contributed by atoms with Gasteiger partial charge in [0.1, 0.15) is 5.82 Å². The molecule has 0 atom stereocenters. The molecule has 28 heavy (non-hydrogen) atoms. The van der Waals surface area contributed by atoms with Crippen LogP contribution in [0.4, 0.5) is 0 Å². The van der Waals surface area contributed by atoms with Crippen molar-refractivity contribution in [1.82, 2.24) is 25.4 Å². The van der Waals surface area contributed by atoms with Gasteiger partial charge in [0, 0.05) is 45.8 Å². The summed E-state index contributed by atoms with van der Waals surface area (Å²) in [5, 5.41) is 16.4. The average Bonchev–Trinajstić information content (AvgIpc) is 3.42. The summed E-state index contributed by atoms with van der Waals surface area (Å²) in [4.78, 5) is 4.69. The molecule has 160 valence electrons. The number of nitrogens with one attached hydrogen (secondary N) is 2. The van der Waals surface area contributed by atoms with Gasteiger partial charge < -0.3 is 19.9 Å². The summed E-state index contributed by atoms with van der Waals surface area (Å²) in [6, 6.07) is 0. The Morgan fingerprint density at radius 3 is 2.79 bits per heavy atom. The third-order valence-corrected chi connectivity index (χ3v) is 5.17. The second-order valence-corrected chi connectivity index (χ2v) is 8.54. The molecule has 1 aliphatic rings. The molecule has 0 saturated heterocycles. The van der Waals surface area contributed by atoms with Crippen LogP contribution in [0.25, 0.3) is 0 Å². The first-order valence-corrected chi connectivity index (χ1v) is 11.9. The average molecular weight is 411 g/mol. The van der Waals surface area contributed by atoms with Gasteiger partial charge in [-0.1, -0.05) is 25.6 Å². The normalized spacial score (nSPS) is 14.7. The summed E-state index contributed by atoms with van der Waals surface area (Å²) in [6.45, 7) is 11.8. The number of guanidine groups is 1. The summed E-state index contributed by atoms with van der Waals surface area (Å²) in [5.41, 5.74) is 0. The number of nitrogens with zero attached hydrogens (tertiary/aromatic N) is 4. The van der Waals surface area contributed by atoms with E-state index in [9.17, 15) is 0 Å². The second kappa shape index (κ2) is 13.0. The van der Waals surface area contributed by atoms with Crippen LogP contribution in [0.3, 0.4) is 0 Å². The molecule has 1 saturated carbocycles. The predicted molar refractivity (Wildman–Crippen MR) is 117 cm³/mol. The minimum Gasteiger partial charge on any atom is -0.381 e. The van der Waals surface area contributed by atoms with Crippen molar-refractivity contribution in [2.75, 3.05) is 39.1 Å². The van der Waals surface area contributed by atoms with Crippen LogP contribution < -0.4 is 10.6 Å². The summed E-state index contributed by atoms with van der Waals surface area (Å²) < 4.78 is 7.93. The first-order valence-electron chi connectivity index (χ1n) is 10.7. The Kier molecular flexibility index (Phi) is 10.7. The van der Waals surface area contributed by atoms with Crippen LogP contribution in [0.1, 0.15) is 52.3 Å². The fourth-order valence-electron chi connectivity index (χ4n) is 2.89. The molecule has 1 fully saturated rings. The molecule has 0 radical (unpaired) electrons. The number of aryl methyl sites for hydroxylation is 1. The van der Waals surface area contributed by atoms with Gasteiger partial charge in [0.25, 0.3) is 0 Å². The molecule has 2 N–H and O–H groups in total. The van der Waals surface area contributed by atoms with Crippen LogP contribution in [0.2, 0.25) is 0 Å². The lowest BCUT2D eigenvalue weighted by Gasteiger charge is -2.12. The Labute approximate surface area is 174 Å². The molecular weight excluding hydrogens is 372 g/mol. The van der Waals surface area contributed by atoms with E-state index in [1.54, 1.807) is 11.8 Å². The quantitative estimate of drug-likeness (QED) is 0.213. The topological polar surface area (TPSA) is 76.4 Å². The molecule has 0 amide bonds. The lowest BCUT2D eigenvalue weighted by atomic mass is 10.2. The van der Waals surface area contributed by atoms with Gasteiger partial charge in [-0.2, -0.15) is 0 Å². The Morgan fingerprint density at radius 1 is 1.29 bits per heavy atom. The van der Waals surface area contributed by atoms with E-state index >= 15 is 0 Å². The smallest absolute Gasteiger partial charge is 0.191 e. The molecule has 1 aromatic heterocycles. The number of aromatic nitrogens is 3. The molecule has 0 spiro atoms. The molecule has 1 aliphatic carbocycles. The highest BCUT2D eigenvalue weighted by molar-refractivity contribution is 7.98. The lowest BCUT2D eigenvalue weighted by Crippen LogP contribution is -2.38. The first kappa shape index (κ1) is 23.0. The van der Waals surface area contributed by atoms with Gasteiger partial charge in [-0.05, 0) is 50.7 Å². The minimum atomic E-state index is 0.580. The Morgan fingerprint density at radius 2 is 2.11 bits per heavy atom. The van der Waals surface area contributed by atoms with Crippen LogP contribution >= 0.6 is 11.8 Å². The van der Waals surface area contributed by atoms with Crippen LogP contribution in [-0.4, -0.2) is 59.8 Å². The highest BCUT2D eigenvalue weighted by Gasteiger charge is 2.20. The van der Waals surface area contributed by atoms with Crippen molar-refractivity contribution in [3.8, 4) is 0 Å². The third-order valence-electron chi connectivity index (χ3n) is 4.50. The SMILES string of the molecule is CCNC(=NCCCc1nnc(SC)n1CC(C)C)NCCCOCC1CC1. The summed E-state index contributed by atoms with van der Waals surface area (Å²) in [7, 11) is 0. The highest BCUT2D eigenvalue weighted by atomic mass is 32.2. The van der Waals surface area contributed by atoms with Crippen LogP contribution in [0.15, 0.2) is 10.1 Å². The largest absolute Gasteiger partial charge is 0.381 e. The summed E-state index contributed by atoms with van der Waals surface area (Å²) >= 11 is 1.66. The highest BCUT2D eigenvalue weighted by Crippen LogP contribution is 2.28. The summed E-state index contributed by atoms with van der Waals surface area (Å²) in [5.74, 6) is 3.37. The van der Waals surface area contributed by atoms with Gasteiger partial charge >= 0.3 is 0 Å². The van der Waals surface area contributed by atoms with Gasteiger partial charge in [-0.25, -0.2) is 0 Å². The number of thioether (sulfide) groups is 1. The first-order chi connectivity index (χ1) is 13.6. The van der Waals surface area contributed by atoms with Crippen molar-refractivity contribution in [1.29, 1.82) is 0 Å². The van der Waals surface area contributed by atoms with E-state index in [0.29, 0.717) is 5.92 Å². The molecule has 7 nitrogen and oxygen atoms in total. The van der Waals surface area contributed by atoms with E-state index in [1.165, 1.54) is 12.8 Å². The van der Waals surface area contributed by atoms with Crippen molar-refractivity contribution < 1.29 is 4.74 Å². The maximum atomic E-state index is 5.68.